The van der Waals surface area contributed by atoms with Crippen LogP contribution in [0.25, 0.3) is 0 Å². The van der Waals surface area contributed by atoms with Crippen LogP contribution in [0, 0.1) is 10.8 Å². The van der Waals surface area contributed by atoms with E-state index < -0.39 is 0 Å². The maximum absolute atomic E-state index is 4.14. The summed E-state index contributed by atoms with van der Waals surface area (Å²) >= 11 is 0. The molecule has 0 amide bonds. The molecule has 188 valence electrons. The molecule has 0 aromatic heterocycles. The van der Waals surface area contributed by atoms with E-state index in [1.165, 1.54) is 0 Å². The van der Waals surface area contributed by atoms with Crippen LogP contribution in [-0.2, 0) is 0 Å². The molecule has 0 fully saturated rings. The summed E-state index contributed by atoms with van der Waals surface area (Å²) in [6.07, 6.45) is 0. The standard InChI is InChI=1S/C28H61N3/c1-21(2,3)25(11,12)30(19)27(15,16)23(7,8)29-24(9,10)28(17,18)31(20)26(13,14)22(4,5)6/h29H,1-20H3. The van der Waals surface area contributed by atoms with Crippen molar-refractivity contribution < 1.29 is 0 Å². The van der Waals surface area contributed by atoms with Crippen LogP contribution < -0.4 is 5.32 Å². The van der Waals surface area contributed by atoms with E-state index in [9.17, 15) is 0 Å². The lowest BCUT2D eigenvalue weighted by molar-refractivity contribution is -0.0935. The summed E-state index contributed by atoms with van der Waals surface area (Å²) in [4.78, 5) is 5.16. The lowest BCUT2D eigenvalue weighted by Gasteiger charge is -2.63. The third-order valence-electron chi connectivity index (χ3n) is 10.7. The maximum Gasteiger partial charge on any atom is 0.0332 e. The molecule has 0 aliphatic heterocycles. The molecule has 0 aliphatic rings. The normalized spacial score (nSPS) is 16.5. The molecule has 0 heterocycles. The fraction of sp³-hybridized carbons (Fsp3) is 1.00. The summed E-state index contributed by atoms with van der Waals surface area (Å²) in [6, 6.07) is 0. The molecule has 0 aromatic carbocycles. The fourth-order valence-electron chi connectivity index (χ4n) is 4.33. The van der Waals surface area contributed by atoms with Gasteiger partial charge in [-0.2, -0.15) is 0 Å². The molecule has 3 heteroatoms. The predicted octanol–water partition coefficient (Wildman–Crippen LogP) is 7.20. The van der Waals surface area contributed by atoms with Crippen LogP contribution in [0.5, 0.6) is 0 Å². The van der Waals surface area contributed by atoms with Gasteiger partial charge in [0.25, 0.3) is 0 Å². The Morgan fingerprint density at radius 3 is 0.710 bits per heavy atom. The van der Waals surface area contributed by atoms with Crippen molar-refractivity contribution in [2.75, 3.05) is 14.1 Å². The molecule has 0 spiro atoms. The minimum absolute atomic E-state index is 0.0418. The lowest BCUT2D eigenvalue weighted by Crippen LogP contribution is -2.77. The Hall–Kier alpha value is -0.120. The highest BCUT2D eigenvalue weighted by Crippen LogP contribution is 2.45. The Bertz CT molecular complexity index is 553. The highest BCUT2D eigenvalue weighted by Gasteiger charge is 2.54. The van der Waals surface area contributed by atoms with Crippen molar-refractivity contribution in [2.45, 2.75) is 158 Å². The van der Waals surface area contributed by atoms with Crippen LogP contribution in [0.2, 0.25) is 0 Å². The molecule has 0 saturated heterocycles. The third-order valence-corrected chi connectivity index (χ3v) is 10.7. The van der Waals surface area contributed by atoms with E-state index in [1.54, 1.807) is 0 Å². The summed E-state index contributed by atoms with van der Waals surface area (Å²) in [5, 5.41) is 4.14. The molecule has 0 saturated carbocycles. The van der Waals surface area contributed by atoms with Crippen molar-refractivity contribution in [1.82, 2.24) is 15.1 Å². The zero-order valence-corrected chi connectivity index (χ0v) is 25.4. The van der Waals surface area contributed by atoms with Crippen LogP contribution in [0.3, 0.4) is 0 Å². The predicted molar refractivity (Wildman–Crippen MR) is 142 cm³/mol. The molecule has 3 nitrogen and oxygen atoms in total. The van der Waals surface area contributed by atoms with Gasteiger partial charge in [0.2, 0.25) is 0 Å². The van der Waals surface area contributed by atoms with E-state index in [1.807, 2.05) is 0 Å². The number of rotatable bonds is 8. The smallest absolute Gasteiger partial charge is 0.0332 e. The van der Waals surface area contributed by atoms with Crippen molar-refractivity contribution in [3.8, 4) is 0 Å². The van der Waals surface area contributed by atoms with Gasteiger partial charge in [-0.05, 0) is 108 Å². The first-order valence-electron chi connectivity index (χ1n) is 12.3. The van der Waals surface area contributed by atoms with Gasteiger partial charge in [-0.25, -0.2) is 0 Å². The van der Waals surface area contributed by atoms with Crippen LogP contribution in [-0.4, -0.2) is 57.1 Å². The van der Waals surface area contributed by atoms with Gasteiger partial charge >= 0.3 is 0 Å². The highest BCUT2D eigenvalue weighted by atomic mass is 15.3. The summed E-state index contributed by atoms with van der Waals surface area (Å²) in [7, 11) is 4.59. The van der Waals surface area contributed by atoms with E-state index in [2.05, 4.69) is 154 Å². The summed E-state index contributed by atoms with van der Waals surface area (Å²) in [6.45, 7) is 42.6. The summed E-state index contributed by atoms with van der Waals surface area (Å²) in [5.74, 6) is 0. The molecule has 0 aromatic rings. The van der Waals surface area contributed by atoms with Gasteiger partial charge in [-0.1, -0.05) is 41.5 Å². The zero-order chi connectivity index (χ0) is 25.9. The van der Waals surface area contributed by atoms with Crippen LogP contribution in [0.15, 0.2) is 0 Å². The van der Waals surface area contributed by atoms with Crippen molar-refractivity contribution in [2.24, 2.45) is 10.8 Å². The first-order chi connectivity index (χ1) is 13.0. The van der Waals surface area contributed by atoms with Crippen LogP contribution >= 0.6 is 0 Å². The largest absolute Gasteiger partial charge is 0.303 e. The quantitative estimate of drug-likeness (QED) is 0.431. The second kappa shape index (κ2) is 8.27. The minimum Gasteiger partial charge on any atom is -0.303 e. The van der Waals surface area contributed by atoms with Gasteiger partial charge in [0.05, 0.1) is 0 Å². The second-order valence-corrected chi connectivity index (χ2v) is 15.2. The summed E-state index contributed by atoms with van der Waals surface area (Å²) < 4.78 is 0. The number of likely N-dealkylation sites (N-methyl/N-ethyl adjacent to an activating group) is 2. The first kappa shape index (κ1) is 30.9. The topological polar surface area (TPSA) is 18.5 Å². The van der Waals surface area contributed by atoms with Crippen molar-refractivity contribution in [3.05, 3.63) is 0 Å². The highest BCUT2D eigenvalue weighted by molar-refractivity contribution is 5.13. The Kier molecular flexibility index (Phi) is 8.24. The van der Waals surface area contributed by atoms with E-state index in [0.717, 1.165) is 0 Å². The van der Waals surface area contributed by atoms with E-state index >= 15 is 0 Å². The number of hydrogen-bond acceptors (Lipinski definition) is 3. The van der Waals surface area contributed by atoms with Gasteiger partial charge in [0, 0.05) is 33.2 Å². The molecule has 0 radical (unpaired) electrons. The molecule has 31 heavy (non-hydrogen) atoms. The third kappa shape index (κ3) is 5.35. The fourth-order valence-corrected chi connectivity index (χ4v) is 4.33. The van der Waals surface area contributed by atoms with Gasteiger partial charge in [-0.15, -0.1) is 0 Å². The Morgan fingerprint density at radius 1 is 0.355 bits per heavy atom. The van der Waals surface area contributed by atoms with E-state index in [0.29, 0.717) is 0 Å². The molecule has 0 rings (SSSR count). The van der Waals surface area contributed by atoms with Crippen molar-refractivity contribution >= 4 is 0 Å². The van der Waals surface area contributed by atoms with Gasteiger partial charge < -0.3 is 5.32 Å². The Balaban J connectivity index is 6.18. The summed E-state index contributed by atoms with van der Waals surface area (Å²) in [5.41, 5.74) is 0.0158. The SMILES string of the molecule is CN(C(C)(C)C(C)(C)C)C(C)(C)C(C)(C)NC(C)(C)C(C)(C)N(C)C(C)(C)C(C)(C)C. The van der Waals surface area contributed by atoms with Crippen molar-refractivity contribution in [3.63, 3.8) is 0 Å². The zero-order valence-electron chi connectivity index (χ0n) is 25.4. The Labute approximate surface area is 198 Å². The van der Waals surface area contributed by atoms with E-state index in [4.69, 9.17) is 0 Å². The number of nitrogens with zero attached hydrogens (tertiary/aromatic N) is 2. The molecule has 0 bridgehead atoms. The second-order valence-electron chi connectivity index (χ2n) is 15.2. The van der Waals surface area contributed by atoms with Crippen LogP contribution in [0.4, 0.5) is 0 Å². The molecular weight excluding hydrogens is 378 g/mol. The van der Waals surface area contributed by atoms with Gasteiger partial charge in [0.15, 0.2) is 0 Å². The average Bonchev–Trinajstić information content (AvgIpc) is 2.49. The van der Waals surface area contributed by atoms with Crippen LogP contribution in [0.1, 0.15) is 125 Å². The van der Waals surface area contributed by atoms with E-state index in [-0.39, 0.29) is 44.1 Å². The Morgan fingerprint density at radius 2 is 0.548 bits per heavy atom. The minimum atomic E-state index is -0.127. The maximum atomic E-state index is 4.14. The average molecular weight is 440 g/mol. The molecule has 0 atom stereocenters. The van der Waals surface area contributed by atoms with Gasteiger partial charge in [-0.3, -0.25) is 9.80 Å². The first-order valence-corrected chi connectivity index (χ1v) is 12.3. The molecule has 0 aliphatic carbocycles. The molecule has 0 unspecified atom stereocenters. The molecule has 1 N–H and O–H groups in total. The molecular formula is C28H61N3. The lowest BCUT2D eigenvalue weighted by atomic mass is 9.68. The number of hydrogen-bond donors (Lipinski definition) is 1. The van der Waals surface area contributed by atoms with Gasteiger partial charge in [0.1, 0.15) is 0 Å². The van der Waals surface area contributed by atoms with Crippen molar-refractivity contribution in [1.29, 1.82) is 0 Å². The number of nitrogens with one attached hydrogen (secondary N) is 1. The monoisotopic (exact) mass is 439 g/mol.